The average molecular weight is 130 g/mol. The zero-order valence-corrected chi connectivity index (χ0v) is 5.76. The van der Waals surface area contributed by atoms with E-state index >= 15 is 0 Å². The van der Waals surface area contributed by atoms with Gasteiger partial charge in [-0.15, -0.1) is 0 Å². The van der Waals surface area contributed by atoms with Crippen molar-refractivity contribution >= 4 is 11.7 Å². The lowest BCUT2D eigenvalue weighted by Crippen LogP contribution is -2.14. The number of methoxy groups -OCH3 is 1. The number of hydrogen-bond acceptors (Lipinski definition) is 4. The molecule has 9 heavy (non-hydrogen) atoms. The van der Waals surface area contributed by atoms with Gasteiger partial charge in [0.15, 0.2) is 0 Å². The van der Waals surface area contributed by atoms with Gasteiger partial charge in [0.25, 0.3) is 0 Å². The van der Waals surface area contributed by atoms with Gasteiger partial charge in [-0.1, -0.05) is 0 Å². The van der Waals surface area contributed by atoms with Gasteiger partial charge in [0.05, 0.1) is 7.11 Å². The van der Waals surface area contributed by atoms with E-state index in [1.807, 2.05) is 0 Å². The Labute approximate surface area is 53.9 Å². The second-order valence-electron chi connectivity index (χ2n) is 1.41. The third-order valence-corrected chi connectivity index (χ3v) is 0.760. The van der Waals surface area contributed by atoms with Crippen molar-refractivity contribution in [3.05, 3.63) is 0 Å². The first-order valence-electron chi connectivity index (χ1n) is 2.51. The molecule has 0 radical (unpaired) electrons. The number of nitrogens with one attached hydrogen (secondary N) is 1. The molecule has 0 aliphatic carbocycles. The molecule has 0 fully saturated rings. The zero-order chi connectivity index (χ0) is 7.28. The molecule has 0 aliphatic heterocycles. The van der Waals surface area contributed by atoms with Crippen LogP contribution in [0.1, 0.15) is 6.92 Å². The van der Waals surface area contributed by atoms with Crippen LogP contribution in [0.3, 0.4) is 0 Å². The molecule has 0 saturated heterocycles. The maximum Gasteiger partial charge on any atom is 0.353 e. The maximum absolute atomic E-state index is 10.5. The molecule has 0 aromatic carbocycles. The standard InChI is InChI=1S/C5H10N2O2/c1-4(7-6-2)5(8)9-3/h6H,1-3H3/b7-4-. The molecule has 0 bridgehead atoms. The van der Waals surface area contributed by atoms with Gasteiger partial charge in [-0.2, -0.15) is 5.10 Å². The van der Waals surface area contributed by atoms with Crippen molar-refractivity contribution < 1.29 is 9.53 Å². The Balaban J connectivity index is 3.86. The fourth-order valence-electron chi connectivity index (χ4n) is 0.361. The van der Waals surface area contributed by atoms with Crippen LogP contribution in [0.4, 0.5) is 0 Å². The molecular formula is C5H10N2O2. The van der Waals surface area contributed by atoms with Crippen molar-refractivity contribution in [2.45, 2.75) is 6.92 Å². The van der Waals surface area contributed by atoms with Crippen LogP contribution in [-0.4, -0.2) is 25.8 Å². The van der Waals surface area contributed by atoms with Crippen molar-refractivity contribution in [3.8, 4) is 0 Å². The molecule has 0 heterocycles. The molecule has 0 saturated carbocycles. The van der Waals surface area contributed by atoms with E-state index in [-0.39, 0.29) is 0 Å². The Kier molecular flexibility index (Phi) is 3.43. The third-order valence-electron chi connectivity index (χ3n) is 0.760. The lowest BCUT2D eigenvalue weighted by atomic mass is 10.4. The van der Waals surface area contributed by atoms with Crippen molar-refractivity contribution in [2.24, 2.45) is 5.10 Å². The Hall–Kier alpha value is -1.06. The highest BCUT2D eigenvalue weighted by molar-refractivity contribution is 6.35. The molecule has 0 rings (SSSR count). The predicted octanol–water partition coefficient (Wildman–Crippen LogP) is -0.245. The molecule has 4 heteroatoms. The van der Waals surface area contributed by atoms with Crippen molar-refractivity contribution in [3.63, 3.8) is 0 Å². The highest BCUT2D eigenvalue weighted by atomic mass is 16.5. The van der Waals surface area contributed by atoms with Crippen molar-refractivity contribution in [2.75, 3.05) is 14.2 Å². The lowest BCUT2D eigenvalue weighted by molar-refractivity contribution is -0.132. The number of hydrogen-bond donors (Lipinski definition) is 1. The van der Waals surface area contributed by atoms with Crippen LogP contribution >= 0.6 is 0 Å². The van der Waals surface area contributed by atoms with E-state index in [9.17, 15) is 4.79 Å². The first kappa shape index (κ1) is 7.94. The second-order valence-corrected chi connectivity index (χ2v) is 1.41. The molecule has 0 spiro atoms. The minimum atomic E-state index is -0.413. The monoisotopic (exact) mass is 130 g/mol. The predicted molar refractivity (Wildman–Crippen MR) is 34.2 cm³/mol. The number of carbonyl (C=O) groups is 1. The van der Waals surface area contributed by atoms with E-state index in [0.29, 0.717) is 5.71 Å². The molecular weight excluding hydrogens is 120 g/mol. The molecule has 0 aromatic rings. The average Bonchev–Trinajstić information content (AvgIpc) is 1.87. The molecule has 1 N–H and O–H groups in total. The summed E-state index contributed by atoms with van der Waals surface area (Å²) in [5.74, 6) is -0.413. The summed E-state index contributed by atoms with van der Waals surface area (Å²) in [4.78, 5) is 10.5. The zero-order valence-electron chi connectivity index (χ0n) is 5.76. The highest BCUT2D eigenvalue weighted by Crippen LogP contribution is 1.77. The Morgan fingerprint density at radius 1 is 1.67 bits per heavy atom. The van der Waals surface area contributed by atoms with Crippen LogP contribution < -0.4 is 5.43 Å². The normalized spacial score (nSPS) is 10.8. The van der Waals surface area contributed by atoms with E-state index in [0.717, 1.165) is 0 Å². The Morgan fingerprint density at radius 3 is 2.56 bits per heavy atom. The minimum absolute atomic E-state index is 0.319. The van der Waals surface area contributed by atoms with Gasteiger partial charge < -0.3 is 10.2 Å². The molecule has 0 unspecified atom stereocenters. The Morgan fingerprint density at radius 2 is 2.22 bits per heavy atom. The van der Waals surface area contributed by atoms with Gasteiger partial charge in [-0.25, -0.2) is 4.79 Å². The summed E-state index contributed by atoms with van der Waals surface area (Å²) in [6.45, 7) is 1.57. The number of nitrogens with zero attached hydrogens (tertiary/aromatic N) is 1. The fraction of sp³-hybridized carbons (Fsp3) is 0.600. The molecule has 0 atom stereocenters. The van der Waals surface area contributed by atoms with Crippen molar-refractivity contribution in [1.29, 1.82) is 0 Å². The third kappa shape index (κ3) is 2.69. The summed E-state index contributed by atoms with van der Waals surface area (Å²) < 4.78 is 4.35. The van der Waals surface area contributed by atoms with Crippen LogP contribution in [0, 0.1) is 0 Å². The first-order valence-corrected chi connectivity index (χ1v) is 2.51. The van der Waals surface area contributed by atoms with Crippen LogP contribution in [0.2, 0.25) is 0 Å². The first-order chi connectivity index (χ1) is 4.22. The number of rotatable bonds is 2. The number of esters is 1. The van der Waals surface area contributed by atoms with Crippen LogP contribution in [-0.2, 0) is 9.53 Å². The summed E-state index contributed by atoms with van der Waals surface area (Å²) in [5.41, 5.74) is 2.79. The summed E-state index contributed by atoms with van der Waals surface area (Å²) in [6, 6.07) is 0. The van der Waals surface area contributed by atoms with E-state index < -0.39 is 5.97 Å². The molecule has 0 amide bonds. The van der Waals surface area contributed by atoms with Gasteiger partial charge in [0.2, 0.25) is 0 Å². The number of carbonyl (C=O) groups excluding carboxylic acids is 1. The summed E-state index contributed by atoms with van der Waals surface area (Å²) in [5, 5.41) is 3.59. The summed E-state index contributed by atoms with van der Waals surface area (Å²) in [6.07, 6.45) is 0. The highest BCUT2D eigenvalue weighted by Gasteiger charge is 2.02. The molecule has 0 aliphatic rings. The van der Waals surface area contributed by atoms with Crippen molar-refractivity contribution in [1.82, 2.24) is 5.43 Å². The minimum Gasteiger partial charge on any atom is -0.464 e. The van der Waals surface area contributed by atoms with E-state index in [1.165, 1.54) is 7.11 Å². The van der Waals surface area contributed by atoms with E-state index in [1.54, 1.807) is 14.0 Å². The van der Waals surface area contributed by atoms with Gasteiger partial charge in [-0.3, -0.25) is 0 Å². The molecule has 4 nitrogen and oxygen atoms in total. The quantitative estimate of drug-likeness (QED) is 0.318. The SMILES string of the molecule is CN/N=C(/C)C(=O)OC. The maximum atomic E-state index is 10.5. The fourth-order valence-corrected chi connectivity index (χ4v) is 0.361. The van der Waals surface area contributed by atoms with Crippen LogP contribution in [0.15, 0.2) is 5.10 Å². The van der Waals surface area contributed by atoms with E-state index in [2.05, 4.69) is 15.3 Å². The Bertz CT molecular complexity index is 131. The number of hydrazone groups is 1. The van der Waals surface area contributed by atoms with Gasteiger partial charge in [0.1, 0.15) is 5.71 Å². The molecule has 0 aromatic heterocycles. The van der Waals surface area contributed by atoms with Crippen LogP contribution in [0.25, 0.3) is 0 Å². The topological polar surface area (TPSA) is 50.7 Å². The second kappa shape index (κ2) is 3.88. The summed E-state index contributed by atoms with van der Waals surface area (Å²) in [7, 11) is 2.93. The molecule has 52 valence electrons. The van der Waals surface area contributed by atoms with Gasteiger partial charge in [0, 0.05) is 7.05 Å². The van der Waals surface area contributed by atoms with Crippen LogP contribution in [0.5, 0.6) is 0 Å². The largest absolute Gasteiger partial charge is 0.464 e. The lowest BCUT2D eigenvalue weighted by Gasteiger charge is -1.95. The summed E-state index contributed by atoms with van der Waals surface area (Å²) >= 11 is 0. The smallest absolute Gasteiger partial charge is 0.353 e. The number of ether oxygens (including phenoxy) is 1. The van der Waals surface area contributed by atoms with Gasteiger partial charge >= 0.3 is 5.97 Å². The van der Waals surface area contributed by atoms with Gasteiger partial charge in [-0.05, 0) is 6.92 Å². The van der Waals surface area contributed by atoms with E-state index in [4.69, 9.17) is 0 Å².